The van der Waals surface area contributed by atoms with Gasteiger partial charge in [0.2, 0.25) is 15.7 Å². The molecule has 0 saturated carbocycles. The van der Waals surface area contributed by atoms with E-state index in [4.69, 9.17) is 14.2 Å². The fourth-order valence-electron chi connectivity index (χ4n) is 6.16. The number of rotatable bonds is 7. The van der Waals surface area contributed by atoms with Gasteiger partial charge in [0, 0.05) is 31.0 Å². The number of fused-ring (bicyclic) bond motifs is 4. The molecule has 2 aliphatic heterocycles. The lowest BCUT2D eigenvalue weighted by Crippen LogP contribution is -2.27. The van der Waals surface area contributed by atoms with Crippen molar-refractivity contribution in [1.82, 2.24) is 9.97 Å². The van der Waals surface area contributed by atoms with E-state index < -0.39 is 28.1 Å². The molecule has 0 spiro atoms. The fraction of sp³-hybridized carbons (Fsp3) is 0.286. The minimum Gasteiger partial charge on any atom is -0.437 e. The molecule has 14 nitrogen and oxygen atoms in total. The van der Waals surface area contributed by atoms with E-state index in [0.29, 0.717) is 57.2 Å². The van der Waals surface area contributed by atoms with E-state index in [2.05, 4.69) is 24.8 Å². The van der Waals surface area contributed by atoms with Crippen LogP contribution in [0.3, 0.4) is 0 Å². The summed E-state index contributed by atoms with van der Waals surface area (Å²) in [7, 11) is 0.635. The zero-order valence-corrected chi connectivity index (χ0v) is 33.0. The van der Waals surface area contributed by atoms with Gasteiger partial charge in [0.1, 0.15) is 19.1 Å². The number of methoxy groups -OCH3 is 2. The number of aromatic nitrogens is 2. The van der Waals surface area contributed by atoms with Gasteiger partial charge in [0.15, 0.2) is 16.6 Å². The van der Waals surface area contributed by atoms with Crippen molar-refractivity contribution in [3.05, 3.63) is 64.3 Å². The van der Waals surface area contributed by atoms with Crippen LogP contribution in [0.1, 0.15) is 30.7 Å². The molecule has 4 aromatic heterocycles. The molecule has 8 rings (SSSR count). The van der Waals surface area contributed by atoms with Crippen LogP contribution in [0.4, 0.5) is 26.1 Å². The topological polar surface area (TPSA) is 173 Å². The molecular formula is C35H32N4O10S5. The van der Waals surface area contributed by atoms with Crippen LogP contribution in [0.15, 0.2) is 68.5 Å². The van der Waals surface area contributed by atoms with Gasteiger partial charge in [-0.1, -0.05) is 29.5 Å². The molecule has 1 amide bonds. The second kappa shape index (κ2) is 16.0. The average Bonchev–Trinajstić information content (AvgIpc) is 3.98. The molecule has 2 aromatic carbocycles. The van der Waals surface area contributed by atoms with Crippen LogP contribution in [0.2, 0.25) is 0 Å². The number of sulfone groups is 1. The van der Waals surface area contributed by atoms with Crippen molar-refractivity contribution in [1.29, 1.82) is 0 Å². The third-order valence-corrected chi connectivity index (χ3v) is 14.5. The molecule has 6 heterocycles. The molecule has 1 saturated heterocycles. The van der Waals surface area contributed by atoms with Crippen LogP contribution in [0.5, 0.6) is 11.5 Å². The standard InChI is InChI=1S/C28H27N3O7S3.C7H5NO3S2/c1-31-19-5-3-4-6-22(19)41(34,35)23-8-7-17(14-20(23)31)18(13-16-9-11-37-12-10-16)25(32)29-27-30-26-24(40-27)21(15-39-26)38-28(33)36-2;1-10-7(9)11-4-2-12-6-5(4)13-3-8-6/h3-8,14-16,18H,9-13H2,1-2H3,(H,29,30,32);2-3H,1H3. The number of thiazole rings is 2. The first-order valence-corrected chi connectivity index (χ1v) is 21.3. The third kappa shape index (κ3) is 7.64. The molecule has 0 radical (unpaired) electrons. The summed E-state index contributed by atoms with van der Waals surface area (Å²) in [4.78, 5) is 48.7. The predicted molar refractivity (Wildman–Crippen MR) is 207 cm³/mol. The van der Waals surface area contributed by atoms with Crippen LogP contribution < -0.4 is 19.7 Å². The molecule has 2 aliphatic rings. The summed E-state index contributed by atoms with van der Waals surface area (Å²) in [6.45, 7) is 1.29. The van der Waals surface area contributed by atoms with E-state index in [1.54, 1.807) is 46.6 Å². The molecule has 0 bridgehead atoms. The van der Waals surface area contributed by atoms with E-state index in [1.807, 2.05) is 24.1 Å². The minimum atomic E-state index is -3.71. The van der Waals surface area contributed by atoms with Crippen LogP contribution in [0, 0.1) is 5.92 Å². The first-order valence-electron chi connectivity index (χ1n) is 16.4. The fourth-order valence-corrected chi connectivity index (χ4v) is 11.6. The SMILES string of the molecule is COC(=O)Oc1csc2nc(NC(=O)C(CC3CCOCC3)c3ccc4c(c3)N(C)c3ccccc3S4(=O)=O)sc12.COC(=O)Oc1csc2ncsc12. The summed E-state index contributed by atoms with van der Waals surface area (Å²) < 4.78 is 53.0. The Morgan fingerprint density at radius 2 is 1.57 bits per heavy atom. The first-order chi connectivity index (χ1) is 26.1. The molecule has 282 valence electrons. The smallest absolute Gasteiger partial charge is 0.437 e. The number of ether oxygens (including phenoxy) is 5. The molecule has 1 N–H and O–H groups in total. The number of nitrogens with one attached hydrogen (secondary N) is 1. The summed E-state index contributed by atoms with van der Waals surface area (Å²) in [5.41, 5.74) is 3.56. The summed E-state index contributed by atoms with van der Waals surface area (Å²) in [5, 5.41) is 6.76. The Morgan fingerprint density at radius 3 is 2.30 bits per heavy atom. The van der Waals surface area contributed by atoms with E-state index in [9.17, 15) is 22.8 Å². The summed E-state index contributed by atoms with van der Waals surface area (Å²) >= 11 is 5.39. The lowest BCUT2D eigenvalue weighted by atomic mass is 9.84. The number of para-hydroxylation sites is 1. The Bertz CT molecular complexity index is 2450. The number of hydrogen-bond donors (Lipinski definition) is 1. The molecule has 1 atom stereocenters. The van der Waals surface area contributed by atoms with Gasteiger partial charge in [-0.3, -0.25) is 4.79 Å². The molecule has 1 fully saturated rings. The first kappa shape index (κ1) is 37.6. The van der Waals surface area contributed by atoms with Crippen LogP contribution >= 0.6 is 45.3 Å². The van der Waals surface area contributed by atoms with Gasteiger partial charge in [-0.15, -0.1) is 34.0 Å². The van der Waals surface area contributed by atoms with Crippen molar-refractivity contribution in [3.8, 4) is 11.5 Å². The maximum Gasteiger partial charge on any atom is 0.513 e. The van der Waals surface area contributed by atoms with Gasteiger partial charge in [0.05, 0.1) is 46.8 Å². The molecule has 54 heavy (non-hydrogen) atoms. The maximum atomic E-state index is 13.9. The Labute approximate surface area is 325 Å². The Kier molecular flexibility index (Phi) is 11.1. The number of nitrogens with zero attached hydrogens (tertiary/aromatic N) is 3. The highest BCUT2D eigenvalue weighted by Gasteiger charge is 2.34. The summed E-state index contributed by atoms with van der Waals surface area (Å²) in [6.07, 6.45) is 0.738. The van der Waals surface area contributed by atoms with Crippen molar-refractivity contribution >= 4 is 109 Å². The van der Waals surface area contributed by atoms with E-state index >= 15 is 0 Å². The van der Waals surface area contributed by atoms with Crippen LogP contribution in [0.25, 0.3) is 19.1 Å². The highest BCUT2D eigenvalue weighted by Crippen LogP contribution is 2.45. The van der Waals surface area contributed by atoms with Gasteiger partial charge < -0.3 is 33.9 Å². The number of benzene rings is 2. The van der Waals surface area contributed by atoms with Crippen molar-refractivity contribution in [3.63, 3.8) is 0 Å². The molecule has 0 aliphatic carbocycles. The number of anilines is 3. The highest BCUT2D eigenvalue weighted by molar-refractivity contribution is 7.92. The second-order valence-corrected chi connectivity index (χ2v) is 17.5. The van der Waals surface area contributed by atoms with Crippen molar-refractivity contribution in [2.75, 3.05) is 44.7 Å². The minimum absolute atomic E-state index is 0.214. The van der Waals surface area contributed by atoms with Gasteiger partial charge in [-0.2, -0.15) is 0 Å². The highest BCUT2D eigenvalue weighted by atomic mass is 32.2. The van der Waals surface area contributed by atoms with Gasteiger partial charge in [0.25, 0.3) is 0 Å². The Balaban J connectivity index is 0.000000291. The number of carbonyl (C=O) groups excluding carboxylic acids is 3. The Morgan fingerprint density at radius 1 is 0.907 bits per heavy atom. The molecule has 19 heteroatoms. The van der Waals surface area contributed by atoms with E-state index in [0.717, 1.165) is 27.9 Å². The van der Waals surface area contributed by atoms with Crippen molar-refractivity contribution in [2.24, 2.45) is 5.92 Å². The summed E-state index contributed by atoms with van der Waals surface area (Å²) in [6, 6.07) is 12.1. The average molecular weight is 829 g/mol. The van der Waals surface area contributed by atoms with Crippen molar-refractivity contribution in [2.45, 2.75) is 35.0 Å². The number of amides is 1. The lowest BCUT2D eigenvalue weighted by Gasteiger charge is -2.31. The van der Waals surface area contributed by atoms with E-state index in [1.165, 1.54) is 59.6 Å². The van der Waals surface area contributed by atoms with Gasteiger partial charge in [-0.25, -0.2) is 28.0 Å². The normalized spacial score (nSPS) is 15.4. The van der Waals surface area contributed by atoms with Crippen LogP contribution in [-0.2, 0) is 28.8 Å². The molecule has 6 aromatic rings. The monoisotopic (exact) mass is 828 g/mol. The second-order valence-electron chi connectivity index (χ2n) is 12.0. The quantitative estimate of drug-likeness (QED) is 0.152. The predicted octanol–water partition coefficient (Wildman–Crippen LogP) is 8.46. The summed E-state index contributed by atoms with van der Waals surface area (Å²) in [5.74, 6) is 0.333. The number of thiophene rings is 2. The largest absolute Gasteiger partial charge is 0.513 e. The Hall–Kier alpha value is -4.66. The van der Waals surface area contributed by atoms with Crippen molar-refractivity contribution < 1.29 is 46.5 Å². The zero-order valence-electron chi connectivity index (χ0n) is 28.9. The molecule has 1 unspecified atom stereocenters. The van der Waals surface area contributed by atoms with E-state index in [-0.39, 0.29) is 21.6 Å². The maximum absolute atomic E-state index is 13.9. The van der Waals surface area contributed by atoms with Gasteiger partial charge in [-0.05, 0) is 55.0 Å². The van der Waals surface area contributed by atoms with Gasteiger partial charge >= 0.3 is 12.3 Å². The third-order valence-electron chi connectivity index (χ3n) is 8.86. The zero-order chi connectivity index (χ0) is 38.0. The number of carbonyl (C=O) groups is 3. The molecular weight excluding hydrogens is 797 g/mol. The lowest BCUT2D eigenvalue weighted by molar-refractivity contribution is -0.118. The van der Waals surface area contributed by atoms with Crippen LogP contribution in [-0.4, -0.2) is 71.1 Å². The number of hydrogen-bond acceptors (Lipinski definition) is 17.